The number of benzene rings is 10. The topological polar surface area (TPSA) is 0 Å². The molecule has 0 bridgehead atoms. The van der Waals surface area contributed by atoms with E-state index in [4.69, 9.17) is 0 Å². The number of fused-ring (bicyclic) bond motifs is 6. The Kier molecular flexibility index (Phi) is 19.8. The molecule has 0 aliphatic heterocycles. The monoisotopic (exact) mass is 1070 g/mol. The first-order chi connectivity index (χ1) is 33.7. The van der Waals surface area contributed by atoms with Crippen LogP contribution in [0.5, 0.6) is 0 Å². The number of aryl methyl sites for hydroxylation is 2. The van der Waals surface area contributed by atoms with Crippen LogP contribution in [0.2, 0.25) is 0 Å². The first-order valence-corrected chi connectivity index (χ1v) is 28.5. The fourth-order valence-electron chi connectivity index (χ4n) is 10.6. The van der Waals surface area contributed by atoms with Crippen molar-refractivity contribution in [3.8, 4) is 44.5 Å². The third-order valence-electron chi connectivity index (χ3n) is 13.9. The van der Waals surface area contributed by atoms with E-state index in [1.54, 1.807) is 0 Å². The quantitative estimate of drug-likeness (QED) is 0.0946. The molecule has 0 spiro atoms. The van der Waals surface area contributed by atoms with E-state index in [1.807, 2.05) is 0 Å². The minimum atomic E-state index is 0. The molecule has 4 heteroatoms. The Morgan fingerprint density at radius 2 is 0.569 bits per heavy atom. The second-order valence-corrected chi connectivity index (χ2v) is 18.0. The van der Waals surface area contributed by atoms with Gasteiger partial charge >= 0.3 is 30.2 Å². The molecule has 0 aliphatic carbocycles. The Morgan fingerprint density at radius 3 is 0.875 bits per heavy atom. The number of halogens is 2. The summed E-state index contributed by atoms with van der Waals surface area (Å²) in [7, 11) is 0. The molecular weight excluding hydrogens is 1010 g/mol. The maximum atomic E-state index is 3.06. The molecule has 0 aromatic heterocycles. The van der Waals surface area contributed by atoms with Crippen LogP contribution < -0.4 is 0 Å². The zero-order valence-corrected chi connectivity index (χ0v) is 46.9. The summed E-state index contributed by atoms with van der Waals surface area (Å²) in [5, 5.41) is 15.9. The molecule has 12 rings (SSSR count). The molecule has 0 saturated carbocycles. The van der Waals surface area contributed by atoms with Gasteiger partial charge in [0, 0.05) is 0 Å². The van der Waals surface area contributed by atoms with Crippen LogP contribution in [0.25, 0.3) is 109 Å². The first-order valence-electron chi connectivity index (χ1n) is 24.3. The number of hydrogen-bond donors (Lipinski definition) is 0. The Bertz CT molecular complexity index is 3230. The second-order valence-electron chi connectivity index (χ2n) is 18.0. The van der Waals surface area contributed by atoms with Gasteiger partial charge in [0.1, 0.15) is 0 Å². The number of rotatable bonds is 10. The molecule has 0 heterocycles. The molecule has 12 aromatic rings. The van der Waals surface area contributed by atoms with Crippen molar-refractivity contribution in [1.82, 2.24) is 0 Å². The van der Waals surface area contributed by atoms with Gasteiger partial charge in [0.2, 0.25) is 0 Å². The van der Waals surface area contributed by atoms with E-state index in [1.165, 1.54) is 169 Å². The summed E-state index contributed by atoms with van der Waals surface area (Å²) < 4.78 is 0. The van der Waals surface area contributed by atoms with E-state index in [2.05, 4.69) is 239 Å². The van der Waals surface area contributed by atoms with Crippen LogP contribution in [0.1, 0.15) is 50.7 Å². The number of unbranched alkanes of at least 4 members (excludes halogenated alkanes) is 2. The van der Waals surface area contributed by atoms with Crippen molar-refractivity contribution in [1.29, 1.82) is 0 Å². The van der Waals surface area contributed by atoms with Gasteiger partial charge in [-0.2, -0.15) is 12.1 Å². The van der Waals surface area contributed by atoms with Gasteiger partial charge in [-0.05, 0) is 67.1 Å². The summed E-state index contributed by atoms with van der Waals surface area (Å²) in [5.41, 5.74) is 13.5. The number of hydrogen-bond acceptors (Lipinski definition) is 0. The molecule has 0 atom stereocenters. The molecule has 0 fully saturated rings. The van der Waals surface area contributed by atoms with Crippen molar-refractivity contribution in [3.63, 3.8) is 0 Å². The Labute approximate surface area is 457 Å². The van der Waals surface area contributed by atoms with E-state index in [0.29, 0.717) is 0 Å². The van der Waals surface area contributed by atoms with Crippen molar-refractivity contribution in [2.24, 2.45) is 0 Å². The Balaban J connectivity index is 0.000000216. The van der Waals surface area contributed by atoms with Crippen LogP contribution in [-0.4, -0.2) is 6.88 Å². The van der Waals surface area contributed by atoms with E-state index in [0.717, 1.165) is 12.8 Å². The summed E-state index contributed by atoms with van der Waals surface area (Å²) in [6.07, 6.45) is 7.15. The van der Waals surface area contributed by atoms with E-state index in [9.17, 15) is 0 Å². The average molecular weight is 1070 g/mol. The summed E-state index contributed by atoms with van der Waals surface area (Å²) in [6, 6.07) is 80.6. The van der Waals surface area contributed by atoms with Gasteiger partial charge in [0.25, 0.3) is 0 Å². The molecule has 360 valence electrons. The zero-order chi connectivity index (χ0) is 46.4. The standard InChI is InChI=1S/2C33H27.2CH3.2ClH.Si.Zr/c2*1-2-3-10-23-21-32-30(28-17-8-13-24-11-4-6-15-26(24)28)19-20-31(33(32)22-23)29-18-9-14-25-12-5-7-16-27(25)29;;;;;;/h2*4-9,11-22H,2-3,10H2,1H3;2*1H3;2*1H;;/q4*-1;;;;. The van der Waals surface area contributed by atoms with E-state index >= 15 is 0 Å². The molecule has 0 aliphatic rings. The second kappa shape index (κ2) is 25.7. The molecule has 72 heavy (non-hydrogen) atoms. The summed E-state index contributed by atoms with van der Waals surface area (Å²) in [5.74, 6) is 0. The third-order valence-corrected chi connectivity index (χ3v) is 13.9. The molecular formula is C68H62Cl2SiZr-4. The van der Waals surface area contributed by atoms with Gasteiger partial charge in [-0.15, -0.1) is 69.6 Å². The fourth-order valence-corrected chi connectivity index (χ4v) is 10.6. The first kappa shape index (κ1) is 55.5. The van der Waals surface area contributed by atoms with Gasteiger partial charge in [0.05, 0.1) is 0 Å². The zero-order valence-electron chi connectivity index (χ0n) is 41.8. The molecule has 0 saturated heterocycles. The molecule has 2 radical (unpaired) electrons. The van der Waals surface area contributed by atoms with Gasteiger partial charge in [-0.25, -0.2) is 0 Å². The van der Waals surface area contributed by atoms with Crippen molar-refractivity contribution >= 4 is 96.3 Å². The van der Waals surface area contributed by atoms with Crippen molar-refractivity contribution in [2.75, 3.05) is 0 Å². The predicted molar refractivity (Wildman–Crippen MR) is 321 cm³/mol. The molecule has 12 aromatic carbocycles. The van der Waals surface area contributed by atoms with E-state index in [-0.39, 0.29) is 39.7 Å². The Morgan fingerprint density at radius 1 is 0.319 bits per heavy atom. The fraction of sp³-hybridized carbons (Fsp3) is 0.118. The van der Waals surface area contributed by atoms with E-state index < -0.39 is 0 Å². The van der Waals surface area contributed by atoms with Crippen LogP contribution in [0, 0.1) is 14.9 Å². The minimum absolute atomic E-state index is 0. The third kappa shape index (κ3) is 11.0. The molecule has 0 nitrogen and oxygen atoms in total. The van der Waals surface area contributed by atoms with Crippen LogP contribution in [0.15, 0.2) is 218 Å². The van der Waals surface area contributed by atoms with Crippen molar-refractivity contribution in [2.45, 2.75) is 52.4 Å². The van der Waals surface area contributed by atoms with Gasteiger partial charge in [0.15, 0.2) is 0 Å². The SMILES string of the molecule is CCCCc1cc2c(-c3cccc4ccccc34)ccc(-c3cccc4ccccc34)c2[cH-]1.CCCCc1cc2c(-c3cccc4ccccc34)ccc(-c3cccc4ccccc34)c2[cH-]1.Cl.Cl.[CH3-].[CH3-].[Si]=[Zr]. The summed E-state index contributed by atoms with van der Waals surface area (Å²) >= 11 is 1.36. The normalized spacial score (nSPS) is 10.6. The Hall–Kier alpha value is -5.86. The van der Waals surface area contributed by atoms with Crippen molar-refractivity contribution in [3.05, 3.63) is 244 Å². The molecule has 0 unspecified atom stereocenters. The molecule has 0 N–H and O–H groups in total. The van der Waals surface area contributed by atoms with Gasteiger partial charge in [-0.3, -0.25) is 0 Å². The molecule has 0 amide bonds. The van der Waals surface area contributed by atoms with Crippen LogP contribution in [0.3, 0.4) is 0 Å². The van der Waals surface area contributed by atoms with Gasteiger partial charge < -0.3 is 14.9 Å². The van der Waals surface area contributed by atoms with Crippen LogP contribution >= 0.6 is 24.8 Å². The summed E-state index contributed by atoms with van der Waals surface area (Å²) in [6.45, 7) is 7.60. The van der Waals surface area contributed by atoms with Crippen molar-refractivity contribution < 1.29 is 23.3 Å². The maximum absolute atomic E-state index is 3.06. The van der Waals surface area contributed by atoms with Gasteiger partial charge in [-0.1, -0.05) is 267 Å². The summed E-state index contributed by atoms with van der Waals surface area (Å²) in [4.78, 5) is 0. The predicted octanol–water partition coefficient (Wildman–Crippen LogP) is 20.4. The average Bonchev–Trinajstić information content (AvgIpc) is 4.05. The van der Waals surface area contributed by atoms with Crippen LogP contribution in [0.4, 0.5) is 0 Å². The van der Waals surface area contributed by atoms with Crippen LogP contribution in [-0.2, 0) is 36.2 Å².